The molecule has 0 radical (unpaired) electrons. The number of hydrogen-bond acceptors (Lipinski definition) is 5. The van der Waals surface area contributed by atoms with Crippen molar-refractivity contribution in [2.75, 3.05) is 18.0 Å². The second kappa shape index (κ2) is 9.16. The van der Waals surface area contributed by atoms with Crippen LogP contribution in [0.2, 0.25) is 0 Å². The van der Waals surface area contributed by atoms with Crippen LogP contribution in [0.3, 0.4) is 0 Å². The molecule has 5 nitrogen and oxygen atoms in total. The Morgan fingerprint density at radius 3 is 2.65 bits per heavy atom. The number of carbonyl (C=O) groups is 1. The second-order valence-corrected chi connectivity index (χ2v) is 7.97. The lowest BCUT2D eigenvalue weighted by Gasteiger charge is -2.26. The molecule has 0 atom stereocenters. The quantitative estimate of drug-likeness (QED) is 0.598. The van der Waals surface area contributed by atoms with Gasteiger partial charge in [0.15, 0.2) is 0 Å². The number of Topliss-reactive ketones (excluding diaryl/α,β-unsaturated/α-hetero) is 1. The maximum absolute atomic E-state index is 13.9. The molecule has 2 aromatic carbocycles. The van der Waals surface area contributed by atoms with E-state index in [1.54, 1.807) is 12.1 Å². The number of aryl methyl sites for hydroxylation is 1. The van der Waals surface area contributed by atoms with Crippen LogP contribution < -0.4 is 4.90 Å². The minimum absolute atomic E-state index is 0.0679. The van der Waals surface area contributed by atoms with Crippen LogP contribution in [0.1, 0.15) is 41.4 Å². The van der Waals surface area contributed by atoms with Crippen molar-refractivity contribution in [2.45, 2.75) is 33.1 Å². The molecule has 0 unspecified atom stereocenters. The first-order valence-electron chi connectivity index (χ1n) is 10.4. The molecular weight excluding hydrogens is 391 g/mol. The molecule has 3 aromatic rings. The van der Waals surface area contributed by atoms with Crippen molar-refractivity contribution in [1.82, 2.24) is 15.0 Å². The number of anilines is 1. The molecular formula is C25H25FN4O. The van der Waals surface area contributed by atoms with Gasteiger partial charge in [-0.2, -0.15) is 4.98 Å². The molecule has 158 valence electrons. The van der Waals surface area contributed by atoms with Crippen LogP contribution in [0.4, 0.5) is 10.3 Å². The minimum atomic E-state index is -0.361. The molecule has 31 heavy (non-hydrogen) atoms. The number of rotatable bonds is 6. The van der Waals surface area contributed by atoms with Crippen LogP contribution >= 0.6 is 0 Å². The summed E-state index contributed by atoms with van der Waals surface area (Å²) in [5.74, 6) is 0.843. The summed E-state index contributed by atoms with van der Waals surface area (Å²) in [5.41, 5.74) is 5.14. The van der Waals surface area contributed by atoms with E-state index in [-0.39, 0.29) is 18.0 Å². The number of carbonyl (C=O) groups excluding carboxylic acids is 1. The zero-order chi connectivity index (χ0) is 21.8. The highest BCUT2D eigenvalue weighted by atomic mass is 19.1. The van der Waals surface area contributed by atoms with Crippen molar-refractivity contribution in [2.24, 2.45) is 0 Å². The fraction of sp³-hybridized carbons (Fsp3) is 0.280. The third kappa shape index (κ3) is 5.20. The van der Waals surface area contributed by atoms with E-state index >= 15 is 0 Å². The molecule has 0 spiro atoms. The van der Waals surface area contributed by atoms with Crippen LogP contribution in [0, 0.1) is 12.7 Å². The summed E-state index contributed by atoms with van der Waals surface area (Å²) in [4.78, 5) is 26.8. The molecule has 0 aliphatic carbocycles. The van der Waals surface area contributed by atoms with Crippen LogP contribution in [0.5, 0.6) is 0 Å². The smallest absolute Gasteiger partial charge is 0.228 e. The number of halogens is 1. The monoisotopic (exact) mass is 416 g/mol. The highest BCUT2D eigenvalue weighted by Crippen LogP contribution is 2.24. The first kappa shape index (κ1) is 20.8. The Labute approximate surface area is 181 Å². The summed E-state index contributed by atoms with van der Waals surface area (Å²) in [7, 11) is 0. The molecule has 6 heteroatoms. The van der Waals surface area contributed by atoms with Gasteiger partial charge in [0, 0.05) is 25.9 Å². The topological polar surface area (TPSA) is 59.0 Å². The summed E-state index contributed by atoms with van der Waals surface area (Å²) < 4.78 is 13.9. The molecule has 0 fully saturated rings. The number of benzene rings is 2. The number of ketones is 1. The van der Waals surface area contributed by atoms with E-state index < -0.39 is 0 Å². The molecule has 4 rings (SSSR count). The normalized spacial score (nSPS) is 13.8. The van der Waals surface area contributed by atoms with Crippen molar-refractivity contribution in [3.8, 4) is 0 Å². The van der Waals surface area contributed by atoms with Crippen LogP contribution in [-0.4, -0.2) is 33.8 Å². The first-order chi connectivity index (χ1) is 15.0. The van der Waals surface area contributed by atoms with E-state index in [0.717, 1.165) is 25.1 Å². The van der Waals surface area contributed by atoms with E-state index in [1.807, 2.05) is 0 Å². The summed E-state index contributed by atoms with van der Waals surface area (Å²) in [6.07, 6.45) is 5.23. The molecule has 0 N–H and O–H groups in total. The van der Waals surface area contributed by atoms with Gasteiger partial charge in [0.2, 0.25) is 5.95 Å². The van der Waals surface area contributed by atoms with Gasteiger partial charge >= 0.3 is 0 Å². The van der Waals surface area contributed by atoms with Gasteiger partial charge in [-0.3, -0.25) is 4.79 Å². The number of nitrogens with zero attached hydrogens (tertiary/aromatic N) is 4. The molecule has 1 aliphatic rings. The number of aromatic nitrogens is 3. The Hall–Kier alpha value is -3.41. The van der Waals surface area contributed by atoms with E-state index in [0.29, 0.717) is 23.8 Å². The van der Waals surface area contributed by atoms with E-state index in [1.165, 1.54) is 36.0 Å². The Morgan fingerprint density at radius 2 is 1.94 bits per heavy atom. The summed E-state index contributed by atoms with van der Waals surface area (Å²) in [5, 5.41) is 0. The van der Waals surface area contributed by atoms with Gasteiger partial charge in [0.25, 0.3) is 0 Å². The third-order valence-corrected chi connectivity index (χ3v) is 5.44. The van der Waals surface area contributed by atoms with Crippen molar-refractivity contribution in [3.05, 3.63) is 88.8 Å². The highest BCUT2D eigenvalue weighted by molar-refractivity contribution is 5.78. The lowest BCUT2D eigenvalue weighted by molar-refractivity contribution is -0.116. The van der Waals surface area contributed by atoms with Crippen molar-refractivity contribution in [3.63, 3.8) is 0 Å². The Kier molecular flexibility index (Phi) is 6.16. The fourth-order valence-electron chi connectivity index (χ4n) is 3.76. The van der Waals surface area contributed by atoms with E-state index in [2.05, 4.69) is 57.1 Å². The standard InChI is InChI=1S/C25H25FN4O/c1-17-3-6-20(7-4-17)21-9-11-30(12-10-21)25-28-16-27-24(29-25)15-19-5-8-23(26)22(14-19)13-18(2)31/h3-9,14,16H,10-13,15H2,1-2H3. The highest BCUT2D eigenvalue weighted by Gasteiger charge is 2.16. The maximum Gasteiger partial charge on any atom is 0.228 e. The summed E-state index contributed by atoms with van der Waals surface area (Å²) in [6, 6.07) is 13.4. The van der Waals surface area contributed by atoms with Gasteiger partial charge < -0.3 is 4.90 Å². The summed E-state index contributed by atoms with van der Waals surface area (Å²) in [6.45, 7) is 5.13. The molecule has 0 saturated heterocycles. The third-order valence-electron chi connectivity index (χ3n) is 5.44. The Bertz CT molecular complexity index is 1120. The van der Waals surface area contributed by atoms with Crippen LogP contribution in [-0.2, 0) is 17.6 Å². The maximum atomic E-state index is 13.9. The summed E-state index contributed by atoms with van der Waals surface area (Å²) >= 11 is 0. The largest absolute Gasteiger partial charge is 0.337 e. The molecule has 2 heterocycles. The van der Waals surface area contributed by atoms with Gasteiger partial charge in [0.1, 0.15) is 23.8 Å². The van der Waals surface area contributed by atoms with Crippen LogP contribution in [0.15, 0.2) is 54.9 Å². The van der Waals surface area contributed by atoms with Gasteiger partial charge in [0.05, 0.1) is 0 Å². The van der Waals surface area contributed by atoms with Crippen LogP contribution in [0.25, 0.3) is 5.57 Å². The van der Waals surface area contributed by atoms with Gasteiger partial charge in [-0.05, 0) is 48.6 Å². The fourth-order valence-corrected chi connectivity index (χ4v) is 3.76. The average molecular weight is 417 g/mol. The van der Waals surface area contributed by atoms with E-state index in [4.69, 9.17) is 0 Å². The lowest BCUT2D eigenvalue weighted by atomic mass is 9.99. The lowest BCUT2D eigenvalue weighted by Crippen LogP contribution is -2.30. The minimum Gasteiger partial charge on any atom is -0.337 e. The SMILES string of the molecule is CC(=O)Cc1cc(Cc2ncnc(N3CC=C(c4ccc(C)cc4)CC3)n2)ccc1F. The first-order valence-corrected chi connectivity index (χ1v) is 10.4. The second-order valence-electron chi connectivity index (χ2n) is 7.97. The molecule has 0 amide bonds. The Balaban J connectivity index is 1.47. The van der Waals surface area contributed by atoms with Crippen molar-refractivity contribution >= 4 is 17.3 Å². The Morgan fingerprint density at radius 1 is 1.13 bits per heavy atom. The number of hydrogen-bond donors (Lipinski definition) is 0. The van der Waals surface area contributed by atoms with Crippen molar-refractivity contribution in [1.29, 1.82) is 0 Å². The zero-order valence-corrected chi connectivity index (χ0v) is 17.8. The van der Waals surface area contributed by atoms with Gasteiger partial charge in [-0.15, -0.1) is 0 Å². The van der Waals surface area contributed by atoms with Crippen molar-refractivity contribution < 1.29 is 9.18 Å². The molecule has 0 bridgehead atoms. The zero-order valence-electron chi connectivity index (χ0n) is 17.8. The molecule has 1 aliphatic heterocycles. The predicted octanol–water partition coefficient (Wildman–Crippen LogP) is 4.34. The van der Waals surface area contributed by atoms with Gasteiger partial charge in [-0.1, -0.05) is 48.0 Å². The molecule has 1 aromatic heterocycles. The average Bonchev–Trinajstić information content (AvgIpc) is 2.77. The van der Waals surface area contributed by atoms with E-state index in [9.17, 15) is 9.18 Å². The van der Waals surface area contributed by atoms with Gasteiger partial charge in [-0.25, -0.2) is 14.4 Å². The predicted molar refractivity (Wildman–Crippen MR) is 119 cm³/mol. The molecule has 0 saturated carbocycles.